The molecule has 3 nitrogen and oxygen atoms in total. The molecule has 0 spiro atoms. The van der Waals surface area contributed by atoms with Crippen molar-refractivity contribution in [2.75, 3.05) is 0 Å². The van der Waals surface area contributed by atoms with Gasteiger partial charge in [0.1, 0.15) is 0 Å². The normalized spacial score (nSPS) is 37.2. The Balaban J connectivity index is 2.47. The minimum atomic E-state index is -0.339. The number of carbonyl (C=O) groups excluding carboxylic acids is 1. The molecule has 2 N–H and O–H groups in total. The van der Waals surface area contributed by atoms with Gasteiger partial charge in [-0.15, -0.1) is 0 Å². The highest BCUT2D eigenvalue weighted by atomic mass is 16.3. The SMILES string of the molecule is CC(=O)N[C@@H]1[C@@H](C)CC[C@@H]1O. The quantitative estimate of drug-likeness (QED) is 0.574. The first kappa shape index (κ1) is 8.53. The molecular formula is C8H15NO2. The van der Waals surface area contributed by atoms with Crippen LogP contribution in [-0.4, -0.2) is 23.2 Å². The van der Waals surface area contributed by atoms with Crippen LogP contribution in [0.5, 0.6) is 0 Å². The second-order valence-electron chi connectivity index (χ2n) is 3.35. The third-order valence-corrected chi connectivity index (χ3v) is 2.32. The van der Waals surface area contributed by atoms with Crippen molar-refractivity contribution in [1.82, 2.24) is 5.32 Å². The van der Waals surface area contributed by atoms with Crippen molar-refractivity contribution in [1.29, 1.82) is 0 Å². The Hall–Kier alpha value is -0.570. The maximum Gasteiger partial charge on any atom is 0.217 e. The predicted octanol–water partition coefficient (Wildman–Crippen LogP) is 0.282. The molecule has 1 rings (SSSR count). The van der Waals surface area contributed by atoms with Crippen LogP contribution < -0.4 is 5.32 Å². The molecule has 0 heterocycles. The summed E-state index contributed by atoms with van der Waals surface area (Å²) in [5.74, 6) is 0.358. The van der Waals surface area contributed by atoms with Gasteiger partial charge in [-0.25, -0.2) is 0 Å². The van der Waals surface area contributed by atoms with Crippen LogP contribution in [0.2, 0.25) is 0 Å². The number of nitrogens with one attached hydrogen (secondary N) is 1. The lowest BCUT2D eigenvalue weighted by molar-refractivity contribution is -0.120. The van der Waals surface area contributed by atoms with Crippen LogP contribution in [0.25, 0.3) is 0 Å². The number of amides is 1. The lowest BCUT2D eigenvalue weighted by Gasteiger charge is -2.19. The second kappa shape index (κ2) is 3.22. The molecule has 1 aliphatic carbocycles. The van der Waals surface area contributed by atoms with E-state index in [1.54, 1.807) is 0 Å². The maximum absolute atomic E-state index is 10.7. The van der Waals surface area contributed by atoms with Crippen molar-refractivity contribution < 1.29 is 9.90 Å². The van der Waals surface area contributed by atoms with Gasteiger partial charge in [0.25, 0.3) is 0 Å². The van der Waals surface area contributed by atoms with Crippen LogP contribution >= 0.6 is 0 Å². The molecule has 1 aliphatic rings. The summed E-state index contributed by atoms with van der Waals surface area (Å²) in [6, 6.07) is -0.0208. The Morgan fingerprint density at radius 2 is 2.18 bits per heavy atom. The Morgan fingerprint density at radius 1 is 1.55 bits per heavy atom. The predicted molar refractivity (Wildman–Crippen MR) is 42.0 cm³/mol. The van der Waals surface area contributed by atoms with Crippen molar-refractivity contribution in [3.63, 3.8) is 0 Å². The molecule has 1 amide bonds. The largest absolute Gasteiger partial charge is 0.391 e. The fourth-order valence-corrected chi connectivity index (χ4v) is 1.65. The lowest BCUT2D eigenvalue weighted by atomic mass is 10.1. The summed E-state index contributed by atoms with van der Waals surface area (Å²) in [4.78, 5) is 10.7. The van der Waals surface area contributed by atoms with E-state index in [9.17, 15) is 9.90 Å². The Labute approximate surface area is 66.8 Å². The first-order chi connectivity index (χ1) is 5.11. The molecular weight excluding hydrogens is 142 g/mol. The first-order valence-corrected chi connectivity index (χ1v) is 4.06. The monoisotopic (exact) mass is 157 g/mol. The number of aliphatic hydroxyl groups excluding tert-OH is 1. The molecule has 0 saturated heterocycles. The Kier molecular flexibility index (Phi) is 2.49. The number of aliphatic hydroxyl groups is 1. The number of carbonyl (C=O) groups is 1. The molecule has 0 unspecified atom stereocenters. The summed E-state index contributed by atoms with van der Waals surface area (Å²) >= 11 is 0. The van der Waals surface area contributed by atoms with Crippen LogP contribution in [0.4, 0.5) is 0 Å². The van der Waals surface area contributed by atoms with Crippen molar-refractivity contribution >= 4 is 5.91 Å². The Morgan fingerprint density at radius 3 is 2.55 bits per heavy atom. The van der Waals surface area contributed by atoms with E-state index < -0.39 is 0 Å². The summed E-state index contributed by atoms with van der Waals surface area (Å²) in [6.07, 6.45) is 1.48. The highest BCUT2D eigenvalue weighted by molar-refractivity contribution is 5.73. The van der Waals surface area contributed by atoms with Crippen LogP contribution in [-0.2, 0) is 4.79 Å². The van der Waals surface area contributed by atoms with Gasteiger partial charge in [0.15, 0.2) is 0 Å². The summed E-state index contributed by atoms with van der Waals surface area (Å²) in [5, 5.41) is 12.1. The average molecular weight is 157 g/mol. The first-order valence-electron chi connectivity index (χ1n) is 4.06. The van der Waals surface area contributed by atoms with Gasteiger partial charge >= 0.3 is 0 Å². The Bertz CT molecular complexity index is 148. The zero-order chi connectivity index (χ0) is 8.43. The highest BCUT2D eigenvalue weighted by Crippen LogP contribution is 2.25. The van der Waals surface area contributed by atoms with Crippen molar-refractivity contribution in [3.8, 4) is 0 Å². The minimum Gasteiger partial charge on any atom is -0.391 e. The fraction of sp³-hybridized carbons (Fsp3) is 0.875. The van der Waals surface area contributed by atoms with Gasteiger partial charge in [0.05, 0.1) is 12.1 Å². The van der Waals surface area contributed by atoms with E-state index in [-0.39, 0.29) is 18.1 Å². The van der Waals surface area contributed by atoms with E-state index in [0.29, 0.717) is 5.92 Å². The maximum atomic E-state index is 10.7. The van der Waals surface area contributed by atoms with Gasteiger partial charge in [-0.2, -0.15) is 0 Å². The molecule has 3 heteroatoms. The van der Waals surface area contributed by atoms with Gasteiger partial charge in [0, 0.05) is 6.92 Å². The fourth-order valence-electron chi connectivity index (χ4n) is 1.65. The van der Waals surface area contributed by atoms with Gasteiger partial charge < -0.3 is 10.4 Å². The van der Waals surface area contributed by atoms with Gasteiger partial charge in [-0.1, -0.05) is 6.92 Å². The van der Waals surface area contributed by atoms with E-state index >= 15 is 0 Å². The van der Waals surface area contributed by atoms with E-state index in [1.165, 1.54) is 6.92 Å². The zero-order valence-electron chi connectivity index (χ0n) is 7.00. The molecule has 0 aliphatic heterocycles. The molecule has 0 radical (unpaired) electrons. The summed E-state index contributed by atoms with van der Waals surface area (Å²) in [7, 11) is 0. The third kappa shape index (κ3) is 1.93. The highest BCUT2D eigenvalue weighted by Gasteiger charge is 2.32. The van der Waals surface area contributed by atoms with E-state index in [0.717, 1.165) is 12.8 Å². The van der Waals surface area contributed by atoms with Crippen LogP contribution in [0.15, 0.2) is 0 Å². The smallest absolute Gasteiger partial charge is 0.217 e. The number of hydrogen-bond acceptors (Lipinski definition) is 2. The standard InChI is InChI=1S/C8H15NO2/c1-5-3-4-7(11)8(5)9-6(2)10/h5,7-8,11H,3-4H2,1-2H3,(H,9,10)/t5-,7-,8+/m0/s1. The molecule has 0 aromatic heterocycles. The summed E-state index contributed by atoms with van der Waals surface area (Å²) in [5.41, 5.74) is 0. The van der Waals surface area contributed by atoms with Crippen molar-refractivity contribution in [2.45, 2.75) is 38.8 Å². The minimum absolute atomic E-state index is 0.0208. The van der Waals surface area contributed by atoms with E-state index in [1.807, 2.05) is 0 Å². The van der Waals surface area contributed by atoms with Crippen molar-refractivity contribution in [2.24, 2.45) is 5.92 Å². The lowest BCUT2D eigenvalue weighted by Crippen LogP contribution is -2.42. The molecule has 11 heavy (non-hydrogen) atoms. The molecule has 1 saturated carbocycles. The summed E-state index contributed by atoms with van der Waals surface area (Å²) in [6.45, 7) is 3.54. The zero-order valence-corrected chi connectivity index (χ0v) is 7.00. The molecule has 0 bridgehead atoms. The molecule has 3 atom stereocenters. The number of hydrogen-bond donors (Lipinski definition) is 2. The van der Waals surface area contributed by atoms with Crippen molar-refractivity contribution in [3.05, 3.63) is 0 Å². The van der Waals surface area contributed by atoms with Gasteiger partial charge in [0.2, 0.25) is 5.91 Å². The molecule has 0 aromatic carbocycles. The topological polar surface area (TPSA) is 49.3 Å². The van der Waals surface area contributed by atoms with Crippen LogP contribution in [0, 0.1) is 5.92 Å². The molecule has 1 fully saturated rings. The summed E-state index contributed by atoms with van der Waals surface area (Å²) < 4.78 is 0. The van der Waals surface area contributed by atoms with E-state index in [2.05, 4.69) is 12.2 Å². The third-order valence-electron chi connectivity index (χ3n) is 2.32. The molecule has 64 valence electrons. The van der Waals surface area contributed by atoms with Crippen LogP contribution in [0.3, 0.4) is 0 Å². The number of rotatable bonds is 1. The second-order valence-corrected chi connectivity index (χ2v) is 3.35. The van der Waals surface area contributed by atoms with Gasteiger partial charge in [-0.3, -0.25) is 4.79 Å². The van der Waals surface area contributed by atoms with E-state index in [4.69, 9.17) is 0 Å². The molecule has 0 aromatic rings. The average Bonchev–Trinajstić information content (AvgIpc) is 2.18. The van der Waals surface area contributed by atoms with Crippen LogP contribution in [0.1, 0.15) is 26.7 Å². The van der Waals surface area contributed by atoms with Gasteiger partial charge in [-0.05, 0) is 18.8 Å².